The number of hydrogen-bond acceptors (Lipinski definition) is 2. The maximum atomic E-state index is 13.4. The van der Waals surface area contributed by atoms with Crippen molar-refractivity contribution in [3.05, 3.63) is 84.4 Å². The second kappa shape index (κ2) is 11.4. The zero-order valence-corrected chi connectivity index (χ0v) is 24.6. The molecule has 0 aliphatic rings. The molecule has 0 saturated heterocycles. The van der Waals surface area contributed by atoms with Gasteiger partial charge >= 0.3 is 6.18 Å². The van der Waals surface area contributed by atoms with Crippen molar-refractivity contribution in [3.8, 4) is 0 Å². The number of rotatable bonds is 11. The van der Waals surface area contributed by atoms with Crippen molar-refractivity contribution in [2.24, 2.45) is 0 Å². The van der Waals surface area contributed by atoms with Crippen LogP contribution in [-0.2, 0) is 11.6 Å². The second-order valence-electron chi connectivity index (χ2n) is 11.2. The van der Waals surface area contributed by atoms with Gasteiger partial charge in [0.15, 0.2) is 0 Å². The first-order valence-electron chi connectivity index (χ1n) is 14.0. The van der Waals surface area contributed by atoms with E-state index in [1.807, 2.05) is 6.08 Å². The fourth-order valence-corrected chi connectivity index (χ4v) is 6.71. The molecule has 3 aromatic carbocycles. The minimum Gasteiger partial charge on any atom is -0.336 e. The van der Waals surface area contributed by atoms with Gasteiger partial charge in [0.05, 0.1) is 5.56 Å². The van der Waals surface area contributed by atoms with E-state index >= 15 is 0 Å². The van der Waals surface area contributed by atoms with Gasteiger partial charge in [-0.15, -0.1) is 17.9 Å². The Labute approximate surface area is 235 Å². The molecular formula is C34H40F3NS. The molecule has 0 fully saturated rings. The number of unbranched alkanes of at least 4 members (excludes halogenated alkanes) is 1. The molecule has 0 saturated carbocycles. The van der Waals surface area contributed by atoms with Crippen molar-refractivity contribution in [2.45, 2.75) is 90.3 Å². The van der Waals surface area contributed by atoms with Crippen LogP contribution in [0.15, 0.2) is 73.3 Å². The lowest BCUT2D eigenvalue weighted by molar-refractivity contribution is -0.137. The summed E-state index contributed by atoms with van der Waals surface area (Å²) in [6.07, 6.45) is 3.51. The third-order valence-corrected chi connectivity index (χ3v) is 9.76. The molecule has 0 spiro atoms. The first-order chi connectivity index (χ1) is 18.5. The highest BCUT2D eigenvalue weighted by Gasteiger charge is 2.34. The molecule has 0 aliphatic heterocycles. The smallest absolute Gasteiger partial charge is 0.336 e. The Morgan fingerprint density at radius 1 is 0.795 bits per heavy atom. The molecular weight excluding hydrogens is 511 g/mol. The molecule has 0 aliphatic carbocycles. The number of fused-ring (bicyclic) bond motifs is 3. The SMILES string of the molecule is C=CCC(C)(CC)c1ccc2sc3ccc(N(c4ccc(C(F)(F)F)cc4)C(C)(CC)CCCC)cc3c2c1. The summed E-state index contributed by atoms with van der Waals surface area (Å²) in [5, 5.41) is 2.43. The van der Waals surface area contributed by atoms with Crippen molar-refractivity contribution in [1.29, 1.82) is 0 Å². The van der Waals surface area contributed by atoms with Crippen molar-refractivity contribution in [3.63, 3.8) is 0 Å². The average molecular weight is 552 g/mol. The molecule has 208 valence electrons. The summed E-state index contributed by atoms with van der Waals surface area (Å²) < 4.78 is 42.6. The molecule has 4 aromatic rings. The Hall–Kier alpha value is -2.79. The lowest BCUT2D eigenvalue weighted by atomic mass is 9.77. The normalized spacial score (nSPS) is 15.3. The van der Waals surface area contributed by atoms with E-state index in [2.05, 4.69) is 82.5 Å². The van der Waals surface area contributed by atoms with Gasteiger partial charge in [-0.05, 0) is 98.2 Å². The van der Waals surface area contributed by atoms with Crippen molar-refractivity contribution in [1.82, 2.24) is 0 Å². The fraction of sp³-hybridized carbons (Fsp3) is 0.412. The van der Waals surface area contributed by atoms with Crippen LogP contribution in [0.5, 0.6) is 0 Å². The van der Waals surface area contributed by atoms with Gasteiger partial charge in [0.25, 0.3) is 0 Å². The van der Waals surface area contributed by atoms with Crippen molar-refractivity contribution >= 4 is 42.9 Å². The molecule has 0 bridgehead atoms. The Balaban J connectivity index is 1.90. The number of allylic oxidation sites excluding steroid dienone is 1. The molecule has 2 unspecified atom stereocenters. The molecule has 5 heteroatoms. The Bertz CT molecular complexity index is 1430. The van der Waals surface area contributed by atoms with Crippen LogP contribution in [0.25, 0.3) is 20.2 Å². The maximum Gasteiger partial charge on any atom is 0.416 e. The minimum atomic E-state index is -4.36. The average Bonchev–Trinajstić information content (AvgIpc) is 3.29. The molecule has 1 nitrogen and oxygen atoms in total. The predicted octanol–water partition coefficient (Wildman–Crippen LogP) is 11.8. The van der Waals surface area contributed by atoms with Gasteiger partial charge in [-0.1, -0.05) is 52.7 Å². The molecule has 2 atom stereocenters. The minimum absolute atomic E-state index is 0.0228. The fourth-order valence-electron chi connectivity index (χ4n) is 5.64. The van der Waals surface area contributed by atoms with Crippen LogP contribution in [0.2, 0.25) is 0 Å². The summed E-state index contributed by atoms with van der Waals surface area (Å²) in [6.45, 7) is 15.1. The van der Waals surface area contributed by atoms with Crippen LogP contribution in [0.4, 0.5) is 24.5 Å². The van der Waals surface area contributed by atoms with Gasteiger partial charge in [-0.3, -0.25) is 0 Å². The summed E-state index contributed by atoms with van der Waals surface area (Å²) in [7, 11) is 0. The van der Waals surface area contributed by atoms with Crippen LogP contribution in [0.3, 0.4) is 0 Å². The van der Waals surface area contributed by atoms with Crippen molar-refractivity contribution < 1.29 is 13.2 Å². The van der Waals surface area contributed by atoms with Crippen LogP contribution in [0, 0.1) is 0 Å². The molecule has 0 amide bonds. The molecule has 0 N–H and O–H groups in total. The Morgan fingerprint density at radius 3 is 1.95 bits per heavy atom. The van der Waals surface area contributed by atoms with Gasteiger partial charge < -0.3 is 4.90 Å². The number of nitrogens with zero attached hydrogens (tertiary/aromatic N) is 1. The highest BCUT2D eigenvalue weighted by Crippen LogP contribution is 2.44. The highest BCUT2D eigenvalue weighted by atomic mass is 32.1. The summed E-state index contributed by atoms with van der Waals surface area (Å²) in [5.41, 5.74) is 2.26. The Kier molecular flexibility index (Phi) is 8.51. The topological polar surface area (TPSA) is 3.24 Å². The number of thiophene rings is 1. The first-order valence-corrected chi connectivity index (χ1v) is 14.9. The van der Waals surface area contributed by atoms with E-state index in [0.29, 0.717) is 0 Å². The Morgan fingerprint density at radius 2 is 1.38 bits per heavy atom. The van der Waals surface area contributed by atoms with Crippen LogP contribution in [0.1, 0.15) is 84.3 Å². The third kappa shape index (κ3) is 5.75. The molecule has 0 radical (unpaired) electrons. The maximum absolute atomic E-state index is 13.4. The number of hydrogen-bond donors (Lipinski definition) is 0. The van der Waals surface area contributed by atoms with Gasteiger partial charge in [0.1, 0.15) is 0 Å². The predicted molar refractivity (Wildman–Crippen MR) is 164 cm³/mol. The van der Waals surface area contributed by atoms with Crippen molar-refractivity contribution in [2.75, 3.05) is 4.90 Å². The number of anilines is 2. The van der Waals surface area contributed by atoms with Gasteiger partial charge in [0, 0.05) is 37.1 Å². The van der Waals surface area contributed by atoms with Gasteiger partial charge in [-0.2, -0.15) is 13.2 Å². The molecule has 1 heterocycles. The van der Waals surface area contributed by atoms with E-state index in [0.717, 1.165) is 49.9 Å². The monoisotopic (exact) mass is 551 g/mol. The van der Waals surface area contributed by atoms with Crippen LogP contribution < -0.4 is 4.90 Å². The number of benzene rings is 3. The zero-order valence-electron chi connectivity index (χ0n) is 23.8. The molecule has 39 heavy (non-hydrogen) atoms. The number of halogens is 3. The summed E-state index contributed by atoms with van der Waals surface area (Å²) >= 11 is 1.79. The third-order valence-electron chi connectivity index (χ3n) is 8.61. The number of alkyl halides is 3. The lowest BCUT2D eigenvalue weighted by Gasteiger charge is -2.43. The molecule has 1 aromatic heterocycles. The van der Waals surface area contributed by atoms with E-state index in [1.165, 1.54) is 37.9 Å². The summed E-state index contributed by atoms with van der Waals surface area (Å²) in [4.78, 5) is 2.27. The van der Waals surface area contributed by atoms with Gasteiger partial charge in [-0.25, -0.2) is 0 Å². The largest absolute Gasteiger partial charge is 0.416 e. The highest BCUT2D eigenvalue weighted by molar-refractivity contribution is 7.25. The van der Waals surface area contributed by atoms with E-state index in [-0.39, 0.29) is 11.0 Å². The van der Waals surface area contributed by atoms with E-state index in [9.17, 15) is 13.2 Å². The van der Waals surface area contributed by atoms with Crippen LogP contribution in [-0.4, -0.2) is 5.54 Å². The zero-order chi connectivity index (χ0) is 28.4. The van der Waals surface area contributed by atoms with Gasteiger partial charge in [0.2, 0.25) is 0 Å². The standard InChI is InChI=1S/C34H40F3NS/c1-7-11-21-33(6,10-4)38(26-15-12-24(13-16-26)34(35,36)37)27-17-19-31-29(23-27)28-22-25(14-18-30(28)39-31)32(5,9-3)20-8-2/h8,12-19,22-23H,2,7,9-11,20-21H2,1,3-6H3. The second-order valence-corrected chi connectivity index (χ2v) is 12.3. The van der Waals surface area contributed by atoms with E-state index in [4.69, 9.17) is 0 Å². The summed E-state index contributed by atoms with van der Waals surface area (Å²) in [5.74, 6) is 0. The van der Waals surface area contributed by atoms with E-state index < -0.39 is 11.7 Å². The lowest BCUT2D eigenvalue weighted by Crippen LogP contribution is -2.43. The first kappa shape index (κ1) is 29.2. The van der Waals surface area contributed by atoms with E-state index in [1.54, 1.807) is 23.5 Å². The van der Waals surface area contributed by atoms with Crippen LogP contribution >= 0.6 is 11.3 Å². The quantitative estimate of drug-likeness (QED) is 0.168. The summed E-state index contributed by atoms with van der Waals surface area (Å²) in [6, 6.07) is 19.0. The molecule has 4 rings (SSSR count).